The van der Waals surface area contributed by atoms with Gasteiger partial charge in [0.15, 0.2) is 0 Å². The number of rotatable bonds is 30. The van der Waals surface area contributed by atoms with Gasteiger partial charge in [0.1, 0.15) is 5.78 Å². The molecular weight excluding hydrogens is 1380 g/mol. The molecule has 15 heteroatoms. The molecule has 99 heavy (non-hydrogen) atoms. The van der Waals surface area contributed by atoms with Gasteiger partial charge < -0.3 is 14.2 Å². The first-order valence-corrected chi connectivity index (χ1v) is 48.8. The normalized spacial score (nSPS) is 52.6. The van der Waals surface area contributed by atoms with Crippen molar-refractivity contribution in [1.82, 2.24) is 0 Å². The van der Waals surface area contributed by atoms with Crippen molar-refractivity contribution in [3.63, 3.8) is 0 Å². The number of ether oxygens (including phenoxy) is 3. The summed E-state index contributed by atoms with van der Waals surface area (Å²) in [5, 5.41) is 5.85. The van der Waals surface area contributed by atoms with E-state index < -0.39 is 0 Å². The number of ketones is 1. The summed E-state index contributed by atoms with van der Waals surface area (Å²) in [6.45, 7) is 1.56. The van der Waals surface area contributed by atoms with E-state index >= 15 is 0 Å². The van der Waals surface area contributed by atoms with Crippen LogP contribution in [-0.4, -0.2) is 109 Å². The Morgan fingerprint density at radius 2 is 0.566 bits per heavy atom. The number of thiol groups is 4. The second-order valence-corrected chi connectivity index (χ2v) is 47.0. The molecule has 20 aliphatic rings. The van der Waals surface area contributed by atoms with Crippen molar-refractivity contribution in [3.8, 4) is 0 Å². The number of carbonyl (C=O) groups is 4. The lowest BCUT2D eigenvalue weighted by Gasteiger charge is -2.43. The molecule has 0 spiro atoms. The molecule has 0 aromatic carbocycles. The van der Waals surface area contributed by atoms with Gasteiger partial charge in [-0.05, 0) is 337 Å². The van der Waals surface area contributed by atoms with E-state index in [9.17, 15) is 19.2 Å². The van der Waals surface area contributed by atoms with Crippen LogP contribution in [0.2, 0.25) is 0 Å². The van der Waals surface area contributed by atoms with Crippen LogP contribution >= 0.6 is 97.6 Å². The lowest BCUT2D eigenvalue weighted by Crippen LogP contribution is -2.39. The largest absolute Gasteiger partial charge is 0.466 e. The summed E-state index contributed by atoms with van der Waals surface area (Å²) in [5.41, 5.74) is 0. The minimum Gasteiger partial charge on any atom is -0.466 e. The van der Waals surface area contributed by atoms with E-state index in [0.717, 1.165) is 259 Å². The highest BCUT2D eigenvalue weighted by Gasteiger charge is 2.73. The Hall–Kier alpha value is 0.880. The predicted octanol–water partition coefficient (Wildman–Crippen LogP) is 18.6. The Morgan fingerprint density at radius 1 is 0.263 bits per heavy atom. The number of hydrogen-bond donors (Lipinski definition) is 4. The van der Waals surface area contributed by atoms with Crippen molar-refractivity contribution in [3.05, 3.63) is 0 Å². The number of unbranched alkanes of at least 4 members (excludes halogenated alkanes) is 6. The number of Topliss-reactive ketones (excluding diaryl/α,β-unsaturated/α-hetero) is 1. The van der Waals surface area contributed by atoms with Crippen molar-refractivity contribution in [1.29, 1.82) is 0 Å². The highest BCUT2D eigenvalue weighted by Crippen LogP contribution is 2.78. The molecule has 20 fully saturated rings. The molecule has 20 rings (SSSR count). The maximum absolute atomic E-state index is 12.7. The molecule has 40 unspecified atom stereocenters. The van der Waals surface area contributed by atoms with E-state index in [2.05, 4.69) is 47.0 Å². The monoisotopic (exact) mass is 1500 g/mol. The molecule has 0 saturated heterocycles. The Balaban J connectivity index is 0.000000140. The highest BCUT2D eigenvalue weighted by molar-refractivity contribution is 8.00. The van der Waals surface area contributed by atoms with Gasteiger partial charge in [-0.2, -0.15) is 97.6 Å². The molecule has 7 nitrogen and oxygen atoms in total. The second-order valence-electron chi connectivity index (χ2n) is 38.7. The summed E-state index contributed by atoms with van der Waals surface area (Å²) >= 11 is 28.1. The van der Waals surface area contributed by atoms with Crippen LogP contribution in [0.5, 0.6) is 0 Å². The maximum atomic E-state index is 12.7. The number of thioether (sulfide) groups is 4. The standard InChI is InChI=1S/C45H68O4S4.C39H56O3S4/c46-40(8-12-52-27-20-30-31(21-27)35-23-33(30)42-24-14-36(44(35)42)38(51)16-24)48-10-6-4-2-1-3-5-7-11-49-41(47)9-13-53-39-17-25-15-37(39)45-34-22-32(43(25)45)28-18-26(50)19-29(28)34;40-20(3-6-46-34-11-19-9-32(34)39-29-16-27(37(19)39)23-12-21(43)13-24(23)29)2-1-5-42-35(41)4-7-45-22-14-25-26(15-22)30-17-28(25)36-18-8-31(38(30)36)33(44)10-18/h24-39,42-45,50-51H,1-23H2;18-19,21-34,36-39,43-44H,1-17H2. The molecule has 0 aromatic heterocycles. The first-order chi connectivity index (χ1) is 48.3. The Labute approximate surface area is 635 Å². The van der Waals surface area contributed by atoms with Gasteiger partial charge in [0.2, 0.25) is 0 Å². The maximum Gasteiger partial charge on any atom is 0.306 e. The molecule has 40 atom stereocenters. The second kappa shape index (κ2) is 29.3. The number of fused-ring (bicyclic) bond motifs is 48. The van der Waals surface area contributed by atoms with Gasteiger partial charge in [-0.1, -0.05) is 32.1 Å². The predicted molar refractivity (Wildman–Crippen MR) is 418 cm³/mol. The van der Waals surface area contributed by atoms with E-state index in [0.29, 0.717) is 85.1 Å². The van der Waals surface area contributed by atoms with E-state index in [1.54, 1.807) is 19.3 Å². The van der Waals surface area contributed by atoms with Gasteiger partial charge in [-0.15, -0.1) is 0 Å². The molecule has 0 aromatic rings. The zero-order chi connectivity index (χ0) is 66.6. The average molecular weight is 1500 g/mol. The van der Waals surface area contributed by atoms with Gasteiger partial charge in [-0.25, -0.2) is 0 Å². The minimum atomic E-state index is -0.0660. The first kappa shape index (κ1) is 70.3. The first-order valence-electron chi connectivity index (χ1n) is 42.5. The number of carbonyl (C=O) groups excluding carboxylic acids is 4. The van der Waals surface area contributed by atoms with Crippen molar-refractivity contribution in [2.45, 2.75) is 254 Å². The Morgan fingerprint density at radius 3 is 0.960 bits per heavy atom. The van der Waals surface area contributed by atoms with E-state index in [-0.39, 0.29) is 17.9 Å². The van der Waals surface area contributed by atoms with Crippen LogP contribution < -0.4 is 0 Å². The number of hydrogen-bond acceptors (Lipinski definition) is 15. The summed E-state index contributed by atoms with van der Waals surface area (Å²) in [7, 11) is 0. The van der Waals surface area contributed by atoms with E-state index in [1.165, 1.54) is 128 Å². The molecule has 0 aliphatic heterocycles. The molecule has 0 heterocycles. The van der Waals surface area contributed by atoms with Crippen LogP contribution in [0.1, 0.15) is 212 Å². The molecule has 20 aliphatic carbocycles. The highest BCUT2D eigenvalue weighted by atomic mass is 32.2. The SMILES string of the molecule is O=C(CCCOC(=O)CCSC1CC2C(C1)C1CC2C2C3CC(S)C(C3)C12)CCSC1CC2CC1C1C3CC(C4CC(S)CC43)C21.O=C(CCSC1CC2C(C1)C1CC2C2C3CC(S)C(C3)C12)OCCCCCCCCCOC(=O)CCSC1CC2CC1C1C3CC(C4CC(S)CC43)C21. The van der Waals surface area contributed by atoms with Crippen molar-refractivity contribution >= 4 is 121 Å². The fourth-order valence-corrected chi connectivity index (χ4v) is 41.0. The summed E-state index contributed by atoms with van der Waals surface area (Å²) < 4.78 is 16.8. The third-order valence-electron chi connectivity index (χ3n) is 35.2. The van der Waals surface area contributed by atoms with Gasteiger partial charge >= 0.3 is 17.9 Å². The molecule has 0 amide bonds. The molecule has 20 saturated carbocycles. The van der Waals surface area contributed by atoms with Crippen LogP contribution in [0.4, 0.5) is 0 Å². The Bertz CT molecular complexity index is 2950. The lowest BCUT2D eigenvalue weighted by atomic mass is 9.64. The van der Waals surface area contributed by atoms with Gasteiger partial charge in [0, 0.05) is 77.9 Å². The summed E-state index contributed by atoms with van der Waals surface area (Å²) in [4.78, 5) is 50.0. The topological polar surface area (TPSA) is 96.0 Å². The summed E-state index contributed by atoms with van der Waals surface area (Å²) in [6, 6.07) is 0. The zero-order valence-corrected chi connectivity index (χ0v) is 66.5. The third kappa shape index (κ3) is 12.7. The molecule has 0 N–H and O–H groups in total. The fourth-order valence-electron chi connectivity index (χ4n) is 33.1. The summed E-state index contributed by atoms with van der Waals surface area (Å²) in [6.07, 6.45) is 40.4. The van der Waals surface area contributed by atoms with Crippen molar-refractivity contribution in [2.24, 2.45) is 189 Å². The number of esters is 3. The van der Waals surface area contributed by atoms with E-state index in [4.69, 9.17) is 64.7 Å². The van der Waals surface area contributed by atoms with Crippen LogP contribution in [0.25, 0.3) is 0 Å². The van der Waals surface area contributed by atoms with Crippen molar-refractivity contribution in [2.75, 3.05) is 42.8 Å². The van der Waals surface area contributed by atoms with Gasteiger partial charge in [0.25, 0.3) is 0 Å². The Kier molecular flexibility index (Phi) is 20.8. The van der Waals surface area contributed by atoms with Crippen LogP contribution in [0.15, 0.2) is 0 Å². The van der Waals surface area contributed by atoms with Crippen molar-refractivity contribution < 1.29 is 33.4 Å². The van der Waals surface area contributed by atoms with Crippen LogP contribution in [-0.2, 0) is 33.4 Å². The summed E-state index contributed by atoms with van der Waals surface area (Å²) in [5.74, 6) is 36.0. The minimum absolute atomic E-state index is 0.00322. The molecular formula is C84H124O7S8. The fraction of sp³-hybridized carbons (Fsp3) is 0.952. The molecule has 0 radical (unpaired) electrons. The smallest absolute Gasteiger partial charge is 0.306 e. The average Bonchev–Trinajstić information content (AvgIpc) is 1.55. The van der Waals surface area contributed by atoms with Gasteiger partial charge in [0.05, 0.1) is 39.1 Å². The molecule has 550 valence electrons. The quantitative estimate of drug-likeness (QED) is 0.0182. The van der Waals surface area contributed by atoms with Gasteiger partial charge in [-0.3, -0.25) is 19.2 Å². The third-order valence-corrected chi connectivity index (χ3v) is 42.7. The lowest BCUT2D eigenvalue weighted by molar-refractivity contribution is -0.144. The zero-order valence-electron chi connectivity index (χ0n) is 59.7. The van der Waals surface area contributed by atoms with E-state index in [1.807, 2.05) is 0 Å². The molecule has 16 bridgehead atoms. The van der Waals surface area contributed by atoms with Crippen LogP contribution in [0.3, 0.4) is 0 Å². The van der Waals surface area contributed by atoms with Crippen LogP contribution in [0, 0.1) is 189 Å².